The molecule has 1 saturated carbocycles. The van der Waals surface area contributed by atoms with E-state index in [0.717, 1.165) is 18.5 Å². The van der Waals surface area contributed by atoms with Gasteiger partial charge in [0, 0.05) is 30.5 Å². The van der Waals surface area contributed by atoms with Crippen molar-refractivity contribution in [3.63, 3.8) is 0 Å². The van der Waals surface area contributed by atoms with Crippen LogP contribution in [-0.4, -0.2) is 16.0 Å². The number of nitrogens with one attached hydrogen (secondary N) is 1. The van der Waals surface area contributed by atoms with Crippen LogP contribution in [0.4, 0.5) is 0 Å². The van der Waals surface area contributed by atoms with Crippen LogP contribution in [0.5, 0.6) is 0 Å². The summed E-state index contributed by atoms with van der Waals surface area (Å²) < 4.78 is 1.80. The molecule has 0 bridgehead atoms. The Kier molecular flexibility index (Phi) is 3.05. The number of carbonyl (C=O) groups is 1. The maximum atomic E-state index is 12.2. The third-order valence-electron chi connectivity index (χ3n) is 3.99. The normalized spacial score (nSPS) is 16.7. The molecule has 2 rings (SSSR count). The van der Waals surface area contributed by atoms with Crippen molar-refractivity contribution in [2.45, 2.75) is 39.2 Å². The Morgan fingerprint density at radius 3 is 2.56 bits per heavy atom. The summed E-state index contributed by atoms with van der Waals surface area (Å²) in [6.07, 6.45) is 3.62. The van der Waals surface area contributed by atoms with Crippen molar-refractivity contribution in [1.29, 1.82) is 0 Å². The minimum absolute atomic E-state index is 0.0903. The highest BCUT2D eigenvalue weighted by Gasteiger charge is 2.46. The summed E-state index contributed by atoms with van der Waals surface area (Å²) in [5.41, 5.74) is 0.784. The highest BCUT2D eigenvalue weighted by molar-refractivity contribution is 5.94. The molecule has 0 aliphatic heterocycles. The fourth-order valence-corrected chi connectivity index (χ4v) is 2.17. The van der Waals surface area contributed by atoms with E-state index >= 15 is 0 Å². The second-order valence-electron chi connectivity index (χ2n) is 5.57. The average molecular weight is 248 g/mol. The van der Waals surface area contributed by atoms with Crippen molar-refractivity contribution >= 4 is 5.91 Å². The van der Waals surface area contributed by atoms with Crippen LogP contribution >= 0.6 is 0 Å². The van der Waals surface area contributed by atoms with Gasteiger partial charge in [0.1, 0.15) is 5.56 Å². The van der Waals surface area contributed by atoms with E-state index in [0.29, 0.717) is 5.92 Å². The first-order valence-electron chi connectivity index (χ1n) is 6.35. The first-order chi connectivity index (χ1) is 8.35. The highest BCUT2D eigenvalue weighted by atomic mass is 16.2. The number of pyridine rings is 1. The molecule has 1 N–H and O–H groups in total. The number of rotatable bonds is 3. The summed E-state index contributed by atoms with van der Waals surface area (Å²) in [4.78, 5) is 24.0. The van der Waals surface area contributed by atoms with Gasteiger partial charge in [-0.05, 0) is 25.7 Å². The van der Waals surface area contributed by atoms with Crippen molar-refractivity contribution in [3.05, 3.63) is 33.7 Å². The van der Waals surface area contributed by atoms with Gasteiger partial charge in [-0.2, -0.15) is 0 Å². The van der Waals surface area contributed by atoms with Gasteiger partial charge in [-0.25, -0.2) is 0 Å². The molecule has 0 aromatic carbocycles. The van der Waals surface area contributed by atoms with E-state index in [1.807, 2.05) is 14.0 Å². The molecule has 1 fully saturated rings. The largest absolute Gasteiger partial charge is 0.354 e. The number of hydrogen-bond donors (Lipinski definition) is 1. The fraction of sp³-hybridized carbons (Fsp3) is 0.571. The van der Waals surface area contributed by atoms with Gasteiger partial charge < -0.3 is 9.88 Å². The molecule has 0 saturated heterocycles. The smallest absolute Gasteiger partial charge is 0.257 e. The third kappa shape index (κ3) is 2.19. The maximum absolute atomic E-state index is 12.2. The number of amides is 1. The predicted octanol–water partition coefficient (Wildman–Crippen LogP) is 1.61. The second-order valence-corrected chi connectivity index (χ2v) is 5.57. The highest BCUT2D eigenvalue weighted by Crippen LogP contribution is 2.42. The van der Waals surface area contributed by atoms with Gasteiger partial charge >= 0.3 is 0 Å². The molecule has 1 aromatic rings. The van der Waals surface area contributed by atoms with E-state index in [1.54, 1.807) is 10.8 Å². The van der Waals surface area contributed by atoms with Crippen LogP contribution in [0.25, 0.3) is 0 Å². The topological polar surface area (TPSA) is 51.1 Å². The molecule has 0 unspecified atom stereocenters. The van der Waals surface area contributed by atoms with Crippen molar-refractivity contribution in [1.82, 2.24) is 9.88 Å². The van der Waals surface area contributed by atoms with E-state index < -0.39 is 0 Å². The van der Waals surface area contributed by atoms with Gasteiger partial charge in [0.05, 0.1) is 0 Å². The first kappa shape index (κ1) is 12.9. The average Bonchev–Trinajstić information content (AvgIpc) is 3.04. The van der Waals surface area contributed by atoms with Gasteiger partial charge in [-0.15, -0.1) is 0 Å². The Hall–Kier alpha value is -1.58. The molecule has 1 aliphatic rings. The standard InChI is InChI=1S/C14H20N2O2/c1-9(2)14(5-6-14)15-13(18)11-8-16(4)10(3)7-12(11)17/h7-9H,5-6H2,1-4H3,(H,15,18). The molecule has 1 aliphatic carbocycles. The zero-order valence-corrected chi connectivity index (χ0v) is 11.4. The van der Waals surface area contributed by atoms with E-state index in [1.165, 1.54) is 6.07 Å². The van der Waals surface area contributed by atoms with Gasteiger partial charge in [0.25, 0.3) is 5.91 Å². The molecule has 4 nitrogen and oxygen atoms in total. The van der Waals surface area contributed by atoms with Gasteiger partial charge in [-0.1, -0.05) is 13.8 Å². The first-order valence-corrected chi connectivity index (χ1v) is 6.35. The van der Waals surface area contributed by atoms with E-state index in [4.69, 9.17) is 0 Å². The summed E-state index contributed by atoms with van der Waals surface area (Å²) >= 11 is 0. The van der Waals surface area contributed by atoms with Gasteiger partial charge in [0.2, 0.25) is 0 Å². The Morgan fingerprint density at radius 2 is 2.06 bits per heavy atom. The lowest BCUT2D eigenvalue weighted by Gasteiger charge is -2.21. The molecule has 98 valence electrons. The Morgan fingerprint density at radius 1 is 1.44 bits per heavy atom. The fourth-order valence-electron chi connectivity index (χ4n) is 2.17. The molecule has 1 heterocycles. The van der Waals surface area contributed by atoms with Crippen LogP contribution in [-0.2, 0) is 7.05 Å². The lowest BCUT2D eigenvalue weighted by Crippen LogP contribution is -2.42. The van der Waals surface area contributed by atoms with E-state index in [9.17, 15) is 9.59 Å². The van der Waals surface area contributed by atoms with Crippen LogP contribution < -0.4 is 10.7 Å². The molecule has 1 amide bonds. The number of carbonyl (C=O) groups excluding carboxylic acids is 1. The van der Waals surface area contributed by atoms with Crippen LogP contribution in [0.1, 0.15) is 42.7 Å². The van der Waals surface area contributed by atoms with Crippen LogP contribution in [0.3, 0.4) is 0 Å². The predicted molar refractivity (Wildman–Crippen MR) is 70.7 cm³/mol. The van der Waals surface area contributed by atoms with Crippen molar-refractivity contribution in [2.24, 2.45) is 13.0 Å². The molecule has 1 aromatic heterocycles. The Bertz CT molecular complexity index is 539. The summed E-state index contributed by atoms with van der Waals surface area (Å²) in [5.74, 6) is 0.151. The minimum atomic E-state index is -0.248. The molecule has 0 radical (unpaired) electrons. The summed E-state index contributed by atoms with van der Waals surface area (Å²) in [6.45, 7) is 6.04. The van der Waals surface area contributed by atoms with Crippen LogP contribution in [0, 0.1) is 12.8 Å². The van der Waals surface area contributed by atoms with Gasteiger partial charge in [0.15, 0.2) is 5.43 Å². The quantitative estimate of drug-likeness (QED) is 0.883. The Balaban J connectivity index is 2.25. The summed E-state index contributed by atoms with van der Waals surface area (Å²) in [7, 11) is 1.83. The van der Waals surface area contributed by atoms with Crippen molar-refractivity contribution < 1.29 is 4.79 Å². The van der Waals surface area contributed by atoms with Crippen LogP contribution in [0.2, 0.25) is 0 Å². The minimum Gasteiger partial charge on any atom is -0.354 e. The molecule has 0 atom stereocenters. The second kappa shape index (κ2) is 4.26. The number of hydrogen-bond acceptors (Lipinski definition) is 2. The number of aromatic nitrogens is 1. The van der Waals surface area contributed by atoms with Crippen molar-refractivity contribution in [2.75, 3.05) is 0 Å². The lowest BCUT2D eigenvalue weighted by molar-refractivity contribution is 0.0916. The Labute approximate surface area is 107 Å². The maximum Gasteiger partial charge on any atom is 0.257 e. The molecular weight excluding hydrogens is 228 g/mol. The van der Waals surface area contributed by atoms with E-state index in [2.05, 4.69) is 19.2 Å². The summed E-state index contributed by atoms with van der Waals surface area (Å²) in [6, 6.07) is 1.50. The van der Waals surface area contributed by atoms with E-state index in [-0.39, 0.29) is 22.4 Å². The molecule has 4 heteroatoms. The zero-order valence-electron chi connectivity index (χ0n) is 11.4. The van der Waals surface area contributed by atoms with Crippen LogP contribution in [0.15, 0.2) is 17.1 Å². The number of nitrogens with zero attached hydrogens (tertiary/aromatic N) is 1. The van der Waals surface area contributed by atoms with Crippen molar-refractivity contribution in [3.8, 4) is 0 Å². The molecule has 0 spiro atoms. The molecule has 18 heavy (non-hydrogen) atoms. The molecular formula is C14H20N2O2. The SMILES string of the molecule is Cc1cc(=O)c(C(=O)NC2(C(C)C)CC2)cn1C. The van der Waals surface area contributed by atoms with Gasteiger partial charge in [-0.3, -0.25) is 9.59 Å². The number of aryl methyl sites for hydroxylation is 2. The third-order valence-corrected chi connectivity index (χ3v) is 3.99. The zero-order chi connectivity index (χ0) is 13.5. The lowest BCUT2D eigenvalue weighted by atomic mass is 10.0. The monoisotopic (exact) mass is 248 g/mol. The summed E-state index contributed by atoms with van der Waals surface area (Å²) in [5, 5.41) is 3.02.